The SMILES string of the molecule is C[C@H](N)c1cccc(OCC(=O)N2CCCC2)c1. The van der Waals surface area contributed by atoms with Crippen molar-refractivity contribution in [3.05, 3.63) is 29.8 Å². The molecule has 4 nitrogen and oxygen atoms in total. The Hall–Kier alpha value is -1.55. The molecular formula is C14H20N2O2. The van der Waals surface area contributed by atoms with Crippen molar-refractivity contribution in [2.24, 2.45) is 5.73 Å². The first kappa shape index (κ1) is 12.9. The van der Waals surface area contributed by atoms with Crippen LogP contribution in [0.2, 0.25) is 0 Å². The Labute approximate surface area is 108 Å². The second-order valence-electron chi connectivity index (χ2n) is 4.74. The minimum absolute atomic E-state index is 0.0252. The highest BCUT2D eigenvalue weighted by atomic mass is 16.5. The minimum atomic E-state index is -0.0252. The summed E-state index contributed by atoms with van der Waals surface area (Å²) in [6.45, 7) is 3.76. The zero-order valence-electron chi connectivity index (χ0n) is 10.8. The second-order valence-corrected chi connectivity index (χ2v) is 4.74. The third-order valence-corrected chi connectivity index (χ3v) is 3.20. The molecule has 1 aliphatic heterocycles. The van der Waals surface area contributed by atoms with Gasteiger partial charge in [0.1, 0.15) is 5.75 Å². The lowest BCUT2D eigenvalue weighted by atomic mass is 10.1. The first-order valence-corrected chi connectivity index (χ1v) is 6.43. The fraction of sp³-hybridized carbons (Fsp3) is 0.500. The number of nitrogens with two attached hydrogens (primary N) is 1. The van der Waals surface area contributed by atoms with Crippen LogP contribution >= 0.6 is 0 Å². The number of ether oxygens (including phenoxy) is 1. The Morgan fingerprint density at radius 3 is 2.83 bits per heavy atom. The van der Waals surface area contributed by atoms with Crippen LogP contribution in [0, 0.1) is 0 Å². The zero-order chi connectivity index (χ0) is 13.0. The van der Waals surface area contributed by atoms with E-state index in [9.17, 15) is 4.79 Å². The van der Waals surface area contributed by atoms with E-state index in [2.05, 4.69) is 0 Å². The molecule has 1 fully saturated rings. The fourth-order valence-electron chi connectivity index (χ4n) is 2.09. The monoisotopic (exact) mass is 248 g/mol. The maximum Gasteiger partial charge on any atom is 0.260 e. The van der Waals surface area contributed by atoms with Crippen LogP contribution in [0.25, 0.3) is 0 Å². The summed E-state index contributed by atoms with van der Waals surface area (Å²) < 4.78 is 5.52. The van der Waals surface area contributed by atoms with Gasteiger partial charge in [-0.1, -0.05) is 12.1 Å². The van der Waals surface area contributed by atoms with Gasteiger partial charge in [0.15, 0.2) is 6.61 Å². The first-order chi connectivity index (χ1) is 8.66. The highest BCUT2D eigenvalue weighted by Crippen LogP contribution is 2.17. The van der Waals surface area contributed by atoms with Crippen LogP contribution in [-0.2, 0) is 4.79 Å². The molecule has 2 rings (SSSR count). The van der Waals surface area contributed by atoms with Crippen LogP contribution in [0.4, 0.5) is 0 Å². The number of hydrogen-bond acceptors (Lipinski definition) is 3. The molecule has 0 bridgehead atoms. The van der Waals surface area contributed by atoms with E-state index in [1.807, 2.05) is 36.1 Å². The summed E-state index contributed by atoms with van der Waals surface area (Å²) in [5.41, 5.74) is 6.82. The molecule has 0 aliphatic carbocycles. The summed E-state index contributed by atoms with van der Waals surface area (Å²) >= 11 is 0. The molecule has 0 saturated carbocycles. The number of carbonyl (C=O) groups is 1. The van der Waals surface area contributed by atoms with Crippen molar-refractivity contribution < 1.29 is 9.53 Å². The second kappa shape index (κ2) is 5.87. The molecular weight excluding hydrogens is 228 g/mol. The normalized spacial score (nSPS) is 16.7. The van der Waals surface area contributed by atoms with Gasteiger partial charge in [-0.15, -0.1) is 0 Å². The van der Waals surface area contributed by atoms with Crippen LogP contribution in [-0.4, -0.2) is 30.5 Å². The van der Waals surface area contributed by atoms with Gasteiger partial charge in [-0.3, -0.25) is 4.79 Å². The van der Waals surface area contributed by atoms with Crippen LogP contribution in [0.3, 0.4) is 0 Å². The topological polar surface area (TPSA) is 55.6 Å². The van der Waals surface area contributed by atoms with E-state index in [4.69, 9.17) is 10.5 Å². The van der Waals surface area contributed by atoms with Crippen molar-refractivity contribution >= 4 is 5.91 Å². The standard InChI is InChI=1S/C14H20N2O2/c1-11(15)12-5-4-6-13(9-12)18-10-14(17)16-7-2-3-8-16/h4-6,9,11H,2-3,7-8,10,15H2,1H3/t11-/m0/s1. The fourth-order valence-corrected chi connectivity index (χ4v) is 2.09. The largest absolute Gasteiger partial charge is 0.484 e. The van der Waals surface area contributed by atoms with Crippen molar-refractivity contribution in [3.63, 3.8) is 0 Å². The van der Waals surface area contributed by atoms with Crippen LogP contribution < -0.4 is 10.5 Å². The van der Waals surface area contributed by atoms with Gasteiger partial charge in [0.05, 0.1) is 0 Å². The molecule has 2 N–H and O–H groups in total. The summed E-state index contributed by atoms with van der Waals surface area (Å²) in [4.78, 5) is 13.7. The van der Waals surface area contributed by atoms with Crippen LogP contribution in [0.5, 0.6) is 5.75 Å². The highest BCUT2D eigenvalue weighted by molar-refractivity contribution is 5.78. The van der Waals surface area contributed by atoms with E-state index in [-0.39, 0.29) is 18.6 Å². The van der Waals surface area contributed by atoms with Gasteiger partial charge in [0.2, 0.25) is 0 Å². The number of hydrogen-bond donors (Lipinski definition) is 1. The van der Waals surface area contributed by atoms with Gasteiger partial charge in [-0.05, 0) is 37.5 Å². The molecule has 1 amide bonds. The van der Waals surface area contributed by atoms with Crippen molar-refractivity contribution in [1.29, 1.82) is 0 Å². The Morgan fingerprint density at radius 1 is 1.44 bits per heavy atom. The van der Waals surface area contributed by atoms with Gasteiger partial charge in [-0.2, -0.15) is 0 Å². The maximum atomic E-state index is 11.8. The molecule has 1 heterocycles. The zero-order valence-corrected chi connectivity index (χ0v) is 10.8. The lowest BCUT2D eigenvalue weighted by Crippen LogP contribution is -2.32. The molecule has 0 spiro atoms. The number of carbonyl (C=O) groups excluding carboxylic acids is 1. The Balaban J connectivity index is 1.89. The van der Waals surface area contributed by atoms with E-state index in [1.54, 1.807) is 0 Å². The summed E-state index contributed by atoms with van der Waals surface area (Å²) in [5, 5.41) is 0. The molecule has 1 atom stereocenters. The molecule has 1 aliphatic rings. The van der Waals surface area contributed by atoms with E-state index < -0.39 is 0 Å². The van der Waals surface area contributed by atoms with Crippen molar-refractivity contribution in [1.82, 2.24) is 4.90 Å². The summed E-state index contributed by atoms with van der Waals surface area (Å²) in [6, 6.07) is 7.57. The Morgan fingerprint density at radius 2 is 2.17 bits per heavy atom. The smallest absolute Gasteiger partial charge is 0.260 e. The van der Waals surface area contributed by atoms with E-state index in [0.29, 0.717) is 5.75 Å². The summed E-state index contributed by atoms with van der Waals surface area (Å²) in [5.74, 6) is 0.774. The predicted molar refractivity (Wildman–Crippen MR) is 70.4 cm³/mol. The van der Waals surface area contributed by atoms with Gasteiger partial charge >= 0.3 is 0 Å². The molecule has 4 heteroatoms. The molecule has 0 aromatic heterocycles. The Kier molecular flexibility index (Phi) is 4.20. The summed E-state index contributed by atoms with van der Waals surface area (Å²) in [7, 11) is 0. The summed E-state index contributed by atoms with van der Waals surface area (Å²) in [6.07, 6.45) is 2.21. The quantitative estimate of drug-likeness (QED) is 0.882. The van der Waals surface area contributed by atoms with Crippen LogP contribution in [0.15, 0.2) is 24.3 Å². The number of rotatable bonds is 4. The minimum Gasteiger partial charge on any atom is -0.484 e. The predicted octanol–water partition coefficient (Wildman–Crippen LogP) is 1.71. The van der Waals surface area contributed by atoms with Gasteiger partial charge in [0.25, 0.3) is 5.91 Å². The van der Waals surface area contributed by atoms with E-state index in [0.717, 1.165) is 31.5 Å². The maximum absolute atomic E-state index is 11.8. The third kappa shape index (κ3) is 3.23. The van der Waals surface area contributed by atoms with Gasteiger partial charge < -0.3 is 15.4 Å². The first-order valence-electron chi connectivity index (χ1n) is 6.43. The molecule has 1 aromatic rings. The number of likely N-dealkylation sites (tertiary alicyclic amines) is 1. The van der Waals surface area contributed by atoms with Gasteiger partial charge in [0, 0.05) is 19.1 Å². The molecule has 18 heavy (non-hydrogen) atoms. The van der Waals surface area contributed by atoms with Gasteiger partial charge in [-0.25, -0.2) is 0 Å². The number of amides is 1. The Bertz CT molecular complexity index is 412. The molecule has 1 saturated heterocycles. The van der Waals surface area contributed by atoms with Crippen molar-refractivity contribution in [2.75, 3.05) is 19.7 Å². The number of benzene rings is 1. The average molecular weight is 248 g/mol. The molecule has 1 aromatic carbocycles. The molecule has 0 radical (unpaired) electrons. The third-order valence-electron chi connectivity index (χ3n) is 3.20. The number of nitrogens with zero attached hydrogens (tertiary/aromatic N) is 1. The highest BCUT2D eigenvalue weighted by Gasteiger charge is 2.18. The average Bonchev–Trinajstić information content (AvgIpc) is 2.90. The lowest BCUT2D eigenvalue weighted by molar-refractivity contribution is -0.132. The van der Waals surface area contributed by atoms with Crippen LogP contribution in [0.1, 0.15) is 31.4 Å². The van der Waals surface area contributed by atoms with E-state index >= 15 is 0 Å². The molecule has 0 unspecified atom stereocenters. The van der Waals surface area contributed by atoms with Crippen molar-refractivity contribution in [2.45, 2.75) is 25.8 Å². The molecule has 98 valence electrons. The lowest BCUT2D eigenvalue weighted by Gasteiger charge is -2.16. The van der Waals surface area contributed by atoms with Crippen molar-refractivity contribution in [3.8, 4) is 5.75 Å². The van der Waals surface area contributed by atoms with E-state index in [1.165, 1.54) is 0 Å².